The first kappa shape index (κ1) is 33.5. The van der Waals surface area contributed by atoms with Crippen molar-refractivity contribution >= 4 is 26.7 Å². The molecule has 3 aromatic rings. The molecule has 220 valence electrons. The lowest BCUT2D eigenvalue weighted by Gasteiger charge is -2.22. The Bertz CT molecular complexity index is 1250. The Morgan fingerprint density at radius 1 is 0.750 bits per heavy atom. The lowest BCUT2D eigenvalue weighted by Crippen LogP contribution is -2.23. The molecule has 3 aromatic carbocycles. The van der Waals surface area contributed by atoms with Gasteiger partial charge in [-0.25, -0.2) is 8.42 Å². The standard InChI is InChI=1S/C28H36NO2S.C4H10O3S/c1-27(2,3)30-22-11-9-13-25(19-22)32(24-17-15-21(16-18-24)29(7)8)26-14-10-12-23(20-26)31-28(4,5)6;1-2-3-4-8(5,6)7/h9-20H,1-8H3;2-4H2,1H3,(H,5,6,7)/q+1;/p-1. The summed E-state index contributed by atoms with van der Waals surface area (Å²) >= 11 is 0. The molecule has 0 unspecified atom stereocenters. The Labute approximate surface area is 244 Å². The third-order valence-electron chi connectivity index (χ3n) is 5.27. The Hall–Kier alpha value is -2.68. The van der Waals surface area contributed by atoms with Crippen molar-refractivity contribution in [2.45, 2.75) is 87.2 Å². The van der Waals surface area contributed by atoms with Crippen molar-refractivity contribution in [3.05, 3.63) is 72.8 Å². The number of hydrogen-bond donors (Lipinski definition) is 0. The molecule has 40 heavy (non-hydrogen) atoms. The van der Waals surface area contributed by atoms with Gasteiger partial charge in [-0.2, -0.15) is 0 Å². The summed E-state index contributed by atoms with van der Waals surface area (Å²) in [6.07, 6.45) is 1.23. The Balaban J connectivity index is 0.000000611. The summed E-state index contributed by atoms with van der Waals surface area (Å²) in [6.45, 7) is 14.3. The number of benzene rings is 3. The molecular weight excluding hydrogens is 542 g/mol. The third kappa shape index (κ3) is 12.2. The molecule has 0 saturated heterocycles. The highest BCUT2D eigenvalue weighted by atomic mass is 32.2. The van der Waals surface area contributed by atoms with E-state index in [0.717, 1.165) is 17.9 Å². The van der Waals surface area contributed by atoms with E-state index in [4.69, 9.17) is 9.47 Å². The highest BCUT2D eigenvalue weighted by Gasteiger charge is 2.30. The van der Waals surface area contributed by atoms with E-state index in [0.29, 0.717) is 6.42 Å². The quantitative estimate of drug-likeness (QED) is 0.190. The van der Waals surface area contributed by atoms with E-state index in [1.165, 1.54) is 20.4 Å². The van der Waals surface area contributed by atoms with Gasteiger partial charge in [-0.05, 0) is 96.5 Å². The van der Waals surface area contributed by atoms with Gasteiger partial charge < -0.3 is 18.9 Å². The van der Waals surface area contributed by atoms with Gasteiger partial charge in [0.1, 0.15) is 22.7 Å². The lowest BCUT2D eigenvalue weighted by molar-refractivity contribution is 0.130. The molecule has 0 amide bonds. The summed E-state index contributed by atoms with van der Waals surface area (Å²) in [6, 6.07) is 25.8. The van der Waals surface area contributed by atoms with Crippen LogP contribution in [-0.2, 0) is 21.0 Å². The molecule has 0 radical (unpaired) electrons. The maximum atomic E-state index is 9.83. The van der Waals surface area contributed by atoms with Gasteiger partial charge in [0.2, 0.25) is 0 Å². The summed E-state index contributed by atoms with van der Waals surface area (Å²) in [5.41, 5.74) is 0.697. The predicted molar refractivity (Wildman–Crippen MR) is 166 cm³/mol. The van der Waals surface area contributed by atoms with E-state index in [9.17, 15) is 13.0 Å². The van der Waals surface area contributed by atoms with Crippen LogP contribution in [0.2, 0.25) is 0 Å². The van der Waals surface area contributed by atoms with Crippen molar-refractivity contribution in [2.75, 3.05) is 24.7 Å². The topological polar surface area (TPSA) is 78.9 Å². The SMILES string of the molecule is CCCCS(=O)(=O)[O-].CN(C)c1ccc([S+](c2cccc(OC(C)(C)C)c2)c2cccc(OC(C)(C)C)c2)cc1. The highest BCUT2D eigenvalue weighted by molar-refractivity contribution is 7.97. The van der Waals surface area contributed by atoms with E-state index in [1.807, 2.05) is 19.1 Å². The Kier molecular flexibility index (Phi) is 12.0. The minimum absolute atomic E-state index is 0.219. The van der Waals surface area contributed by atoms with Gasteiger partial charge in [0.25, 0.3) is 0 Å². The van der Waals surface area contributed by atoms with Crippen LogP contribution in [0.5, 0.6) is 11.5 Å². The molecule has 0 aromatic heterocycles. The van der Waals surface area contributed by atoms with Crippen LogP contribution in [0.15, 0.2) is 87.5 Å². The van der Waals surface area contributed by atoms with Crippen molar-refractivity contribution in [3.8, 4) is 11.5 Å². The molecule has 0 fully saturated rings. The summed E-state index contributed by atoms with van der Waals surface area (Å²) in [7, 11) is -0.0985. The van der Waals surface area contributed by atoms with Gasteiger partial charge in [0.05, 0.1) is 21.0 Å². The van der Waals surface area contributed by atoms with Crippen LogP contribution in [0, 0.1) is 0 Å². The van der Waals surface area contributed by atoms with Crippen LogP contribution in [0.25, 0.3) is 0 Å². The molecule has 0 spiro atoms. The highest BCUT2D eigenvalue weighted by Crippen LogP contribution is 2.36. The van der Waals surface area contributed by atoms with Gasteiger partial charge >= 0.3 is 0 Å². The van der Waals surface area contributed by atoms with Crippen LogP contribution >= 0.6 is 0 Å². The molecule has 0 aliphatic heterocycles. The molecule has 0 heterocycles. The molecule has 0 atom stereocenters. The average molecular weight is 588 g/mol. The fraction of sp³-hybridized carbons (Fsp3) is 0.438. The zero-order valence-corrected chi connectivity index (χ0v) is 27.0. The molecule has 0 aliphatic rings. The number of nitrogens with zero attached hydrogens (tertiary/aromatic N) is 1. The first-order chi connectivity index (χ1) is 18.5. The van der Waals surface area contributed by atoms with Crippen molar-refractivity contribution in [3.63, 3.8) is 0 Å². The number of unbranched alkanes of at least 4 members (excludes halogenated alkanes) is 1. The first-order valence-corrected chi connectivity index (χ1v) is 16.3. The molecule has 8 heteroatoms. The molecule has 3 rings (SSSR count). The average Bonchev–Trinajstić information content (AvgIpc) is 2.82. The van der Waals surface area contributed by atoms with E-state index < -0.39 is 10.1 Å². The molecule has 0 N–H and O–H groups in total. The van der Waals surface area contributed by atoms with Crippen molar-refractivity contribution in [2.24, 2.45) is 0 Å². The predicted octanol–water partition coefficient (Wildman–Crippen LogP) is 7.53. The van der Waals surface area contributed by atoms with Crippen molar-refractivity contribution in [1.29, 1.82) is 0 Å². The number of rotatable bonds is 9. The minimum Gasteiger partial charge on any atom is -0.748 e. The number of ether oxygens (including phenoxy) is 2. The fourth-order valence-corrected chi connectivity index (χ4v) is 6.41. The summed E-state index contributed by atoms with van der Waals surface area (Å²) < 4.78 is 41.9. The van der Waals surface area contributed by atoms with E-state index in [1.54, 1.807) is 0 Å². The van der Waals surface area contributed by atoms with Gasteiger partial charge in [-0.3, -0.25) is 0 Å². The van der Waals surface area contributed by atoms with Crippen molar-refractivity contribution in [1.82, 2.24) is 0 Å². The van der Waals surface area contributed by atoms with Crippen LogP contribution in [0.3, 0.4) is 0 Å². The zero-order valence-electron chi connectivity index (χ0n) is 25.4. The largest absolute Gasteiger partial charge is 0.748 e. The molecular formula is C32H45NO5S2. The number of anilines is 1. The minimum atomic E-state index is -3.94. The molecule has 6 nitrogen and oxygen atoms in total. The van der Waals surface area contributed by atoms with Gasteiger partial charge in [-0.15, -0.1) is 0 Å². The van der Waals surface area contributed by atoms with E-state index in [2.05, 4.69) is 121 Å². The summed E-state index contributed by atoms with van der Waals surface area (Å²) in [5.74, 6) is 1.56. The zero-order chi connectivity index (χ0) is 30.1. The van der Waals surface area contributed by atoms with Crippen LogP contribution in [0.4, 0.5) is 5.69 Å². The van der Waals surface area contributed by atoms with Crippen LogP contribution in [-0.4, -0.2) is 44.0 Å². The van der Waals surface area contributed by atoms with Gasteiger partial charge in [0.15, 0.2) is 14.7 Å². The lowest BCUT2D eigenvalue weighted by atomic mass is 10.2. The van der Waals surface area contributed by atoms with Crippen LogP contribution in [0.1, 0.15) is 61.3 Å². The fourth-order valence-electron chi connectivity index (χ4n) is 3.65. The van der Waals surface area contributed by atoms with E-state index in [-0.39, 0.29) is 27.8 Å². The second-order valence-electron chi connectivity index (χ2n) is 11.7. The molecule has 0 aliphatic carbocycles. The maximum absolute atomic E-state index is 9.83. The second-order valence-corrected chi connectivity index (χ2v) is 15.2. The van der Waals surface area contributed by atoms with Crippen LogP contribution < -0.4 is 14.4 Å². The Morgan fingerprint density at radius 2 is 1.20 bits per heavy atom. The Morgan fingerprint density at radius 3 is 1.52 bits per heavy atom. The monoisotopic (exact) mass is 587 g/mol. The maximum Gasteiger partial charge on any atom is 0.170 e. The van der Waals surface area contributed by atoms with Gasteiger partial charge in [0, 0.05) is 37.7 Å². The van der Waals surface area contributed by atoms with E-state index >= 15 is 0 Å². The number of hydrogen-bond acceptors (Lipinski definition) is 6. The summed E-state index contributed by atoms with van der Waals surface area (Å²) in [4.78, 5) is 5.82. The second kappa shape index (κ2) is 14.3. The smallest absolute Gasteiger partial charge is 0.170 e. The third-order valence-corrected chi connectivity index (χ3v) is 8.25. The normalized spacial score (nSPS) is 12.0. The first-order valence-electron chi connectivity index (χ1n) is 13.5. The molecule has 0 saturated carbocycles. The van der Waals surface area contributed by atoms with Gasteiger partial charge in [-0.1, -0.05) is 25.5 Å². The molecule has 0 bridgehead atoms. The summed E-state index contributed by atoms with van der Waals surface area (Å²) in [5, 5.41) is 0. The van der Waals surface area contributed by atoms with Crippen molar-refractivity contribution < 1.29 is 22.4 Å².